The van der Waals surface area contributed by atoms with E-state index in [1.807, 2.05) is 36.4 Å². The largest absolute Gasteiger partial charge is 0.454 e. The van der Waals surface area contributed by atoms with E-state index in [1.54, 1.807) is 20.8 Å². The third-order valence-electron chi connectivity index (χ3n) is 4.45. The second kappa shape index (κ2) is 6.71. The summed E-state index contributed by atoms with van der Waals surface area (Å²) in [4.78, 5) is 0. The Morgan fingerprint density at radius 1 is 0.840 bits per heavy atom. The summed E-state index contributed by atoms with van der Waals surface area (Å²) in [5, 5.41) is 0. The maximum atomic E-state index is 12.3. The first kappa shape index (κ1) is 17.8. The zero-order valence-electron chi connectivity index (χ0n) is 14.9. The van der Waals surface area contributed by atoms with Crippen molar-refractivity contribution in [3.05, 3.63) is 59.2 Å². The van der Waals surface area contributed by atoms with Gasteiger partial charge in [-0.25, -0.2) is 8.42 Å². The molecule has 25 heavy (non-hydrogen) atoms. The van der Waals surface area contributed by atoms with Crippen LogP contribution in [0.4, 0.5) is 0 Å². The van der Waals surface area contributed by atoms with Crippen LogP contribution in [-0.2, 0) is 28.4 Å². The van der Waals surface area contributed by atoms with Crippen molar-refractivity contribution in [2.45, 2.75) is 44.1 Å². The second-order valence-corrected chi connectivity index (χ2v) is 10.1. The molecule has 0 N–H and O–H groups in total. The van der Waals surface area contributed by atoms with Gasteiger partial charge in [0.05, 0.1) is 10.5 Å². The van der Waals surface area contributed by atoms with E-state index < -0.39 is 14.6 Å². The first-order valence-electron chi connectivity index (χ1n) is 8.43. The van der Waals surface area contributed by atoms with Crippen molar-refractivity contribution in [3.8, 4) is 11.5 Å². The number of sulfone groups is 1. The van der Waals surface area contributed by atoms with E-state index >= 15 is 0 Å². The average molecular weight is 360 g/mol. The van der Waals surface area contributed by atoms with Gasteiger partial charge in [-0.1, -0.05) is 30.3 Å². The molecule has 0 aliphatic carbocycles. The van der Waals surface area contributed by atoms with Crippen molar-refractivity contribution >= 4 is 9.84 Å². The SMILES string of the molecule is CC(C)(C)S(=O)(=O)Cc1ccc(CCc2ccc3c(c2)OCO3)cc1. The summed E-state index contributed by atoms with van der Waals surface area (Å²) >= 11 is 0. The summed E-state index contributed by atoms with van der Waals surface area (Å²) in [5.41, 5.74) is 3.22. The monoisotopic (exact) mass is 360 g/mol. The molecule has 4 nitrogen and oxygen atoms in total. The Morgan fingerprint density at radius 2 is 1.40 bits per heavy atom. The maximum Gasteiger partial charge on any atom is 0.231 e. The fourth-order valence-electron chi connectivity index (χ4n) is 2.62. The van der Waals surface area contributed by atoms with Crippen LogP contribution in [0.15, 0.2) is 42.5 Å². The summed E-state index contributed by atoms with van der Waals surface area (Å²) in [6.45, 7) is 5.50. The van der Waals surface area contributed by atoms with E-state index in [0.717, 1.165) is 29.9 Å². The van der Waals surface area contributed by atoms with Gasteiger partial charge in [-0.3, -0.25) is 0 Å². The highest BCUT2D eigenvalue weighted by Gasteiger charge is 2.28. The van der Waals surface area contributed by atoms with Crippen LogP contribution in [-0.4, -0.2) is 20.0 Å². The smallest absolute Gasteiger partial charge is 0.231 e. The van der Waals surface area contributed by atoms with Crippen molar-refractivity contribution in [2.75, 3.05) is 6.79 Å². The van der Waals surface area contributed by atoms with Crippen LogP contribution in [0.2, 0.25) is 0 Å². The summed E-state index contributed by atoms with van der Waals surface area (Å²) in [7, 11) is -3.15. The molecule has 0 atom stereocenters. The van der Waals surface area contributed by atoms with Crippen molar-refractivity contribution in [3.63, 3.8) is 0 Å². The van der Waals surface area contributed by atoms with E-state index in [-0.39, 0.29) is 12.5 Å². The molecule has 2 aromatic rings. The number of fused-ring (bicyclic) bond motifs is 1. The van der Waals surface area contributed by atoms with Gasteiger partial charge in [-0.15, -0.1) is 0 Å². The number of benzene rings is 2. The summed E-state index contributed by atoms with van der Waals surface area (Å²) in [6.07, 6.45) is 1.79. The molecule has 0 aromatic heterocycles. The van der Waals surface area contributed by atoms with Crippen molar-refractivity contribution in [1.29, 1.82) is 0 Å². The lowest BCUT2D eigenvalue weighted by Crippen LogP contribution is -2.29. The number of aryl methyl sites for hydroxylation is 2. The van der Waals surface area contributed by atoms with Gasteiger partial charge in [0.25, 0.3) is 0 Å². The predicted molar refractivity (Wildman–Crippen MR) is 98.8 cm³/mol. The van der Waals surface area contributed by atoms with E-state index in [1.165, 1.54) is 11.1 Å². The average Bonchev–Trinajstić information content (AvgIpc) is 3.00. The van der Waals surface area contributed by atoms with Crippen LogP contribution in [0.3, 0.4) is 0 Å². The van der Waals surface area contributed by atoms with Crippen molar-refractivity contribution in [2.24, 2.45) is 0 Å². The molecule has 3 rings (SSSR count). The van der Waals surface area contributed by atoms with Gasteiger partial charge >= 0.3 is 0 Å². The maximum absolute atomic E-state index is 12.3. The number of rotatable bonds is 5. The molecule has 0 bridgehead atoms. The van der Waals surface area contributed by atoms with Gasteiger partial charge in [0.15, 0.2) is 21.3 Å². The van der Waals surface area contributed by atoms with Crippen LogP contribution < -0.4 is 9.47 Å². The Balaban J connectivity index is 1.61. The first-order chi connectivity index (χ1) is 11.7. The Morgan fingerprint density at radius 3 is 2.08 bits per heavy atom. The van der Waals surface area contributed by atoms with Crippen LogP contribution in [0.5, 0.6) is 11.5 Å². The van der Waals surface area contributed by atoms with Gasteiger partial charge in [-0.2, -0.15) is 0 Å². The fraction of sp³-hybridized carbons (Fsp3) is 0.400. The molecule has 1 aliphatic heterocycles. The fourth-order valence-corrected chi connectivity index (χ4v) is 3.69. The highest BCUT2D eigenvalue weighted by molar-refractivity contribution is 7.91. The Kier molecular flexibility index (Phi) is 4.78. The third-order valence-corrected chi connectivity index (χ3v) is 7.03. The number of ether oxygens (including phenoxy) is 2. The van der Waals surface area contributed by atoms with Gasteiger partial charge in [0.1, 0.15) is 0 Å². The van der Waals surface area contributed by atoms with Gasteiger partial charge in [-0.05, 0) is 62.4 Å². The van der Waals surface area contributed by atoms with Gasteiger partial charge < -0.3 is 9.47 Å². The standard InChI is InChI=1S/C20H24O4S/c1-20(2,3)25(21,22)13-17-8-5-15(6-9-17)4-7-16-10-11-18-19(12-16)24-14-23-18/h5-6,8-12H,4,7,13-14H2,1-3H3. The minimum atomic E-state index is -3.15. The highest BCUT2D eigenvalue weighted by atomic mass is 32.2. The summed E-state index contributed by atoms with van der Waals surface area (Å²) < 4.78 is 34.6. The number of hydrogen-bond acceptors (Lipinski definition) is 4. The summed E-state index contributed by atoms with van der Waals surface area (Å²) in [6, 6.07) is 13.9. The van der Waals surface area contributed by atoms with E-state index in [0.29, 0.717) is 0 Å². The van der Waals surface area contributed by atoms with Crippen molar-refractivity contribution in [1.82, 2.24) is 0 Å². The Bertz CT molecular complexity index is 846. The number of hydrogen-bond donors (Lipinski definition) is 0. The third kappa shape index (κ3) is 4.15. The lowest BCUT2D eigenvalue weighted by atomic mass is 10.0. The van der Waals surface area contributed by atoms with E-state index in [2.05, 4.69) is 6.07 Å². The lowest BCUT2D eigenvalue weighted by Gasteiger charge is -2.19. The molecule has 0 saturated carbocycles. The normalized spacial score (nSPS) is 13.9. The highest BCUT2D eigenvalue weighted by Crippen LogP contribution is 2.32. The molecule has 1 aliphatic rings. The van der Waals surface area contributed by atoms with Crippen LogP contribution >= 0.6 is 0 Å². The molecule has 0 spiro atoms. The van der Waals surface area contributed by atoms with Crippen LogP contribution in [0, 0.1) is 0 Å². The lowest BCUT2D eigenvalue weighted by molar-refractivity contribution is 0.174. The zero-order valence-corrected chi connectivity index (χ0v) is 15.7. The van der Waals surface area contributed by atoms with E-state index in [4.69, 9.17) is 9.47 Å². The molecule has 2 aromatic carbocycles. The quantitative estimate of drug-likeness (QED) is 0.811. The minimum Gasteiger partial charge on any atom is -0.454 e. The molecule has 1 heterocycles. The minimum absolute atomic E-state index is 0.0823. The molecular weight excluding hydrogens is 336 g/mol. The van der Waals surface area contributed by atoms with Crippen LogP contribution in [0.1, 0.15) is 37.5 Å². The van der Waals surface area contributed by atoms with Gasteiger partial charge in [0, 0.05) is 0 Å². The molecule has 0 fully saturated rings. The van der Waals surface area contributed by atoms with Gasteiger partial charge in [0.2, 0.25) is 6.79 Å². The topological polar surface area (TPSA) is 52.6 Å². The van der Waals surface area contributed by atoms with E-state index in [9.17, 15) is 8.42 Å². The van der Waals surface area contributed by atoms with Crippen LogP contribution in [0.25, 0.3) is 0 Å². The zero-order chi connectivity index (χ0) is 18.1. The molecule has 0 unspecified atom stereocenters. The molecule has 5 heteroatoms. The molecule has 0 saturated heterocycles. The molecule has 0 amide bonds. The molecule has 0 radical (unpaired) electrons. The molecule has 134 valence electrons. The predicted octanol–water partition coefficient (Wildman–Crippen LogP) is 3.91. The summed E-state index contributed by atoms with van der Waals surface area (Å²) in [5.74, 6) is 1.69. The Hall–Kier alpha value is -2.01. The molecular formula is C20H24O4S. The second-order valence-electron chi connectivity index (χ2n) is 7.38. The van der Waals surface area contributed by atoms with Crippen molar-refractivity contribution < 1.29 is 17.9 Å². The Labute approximate surface area is 149 Å². The first-order valence-corrected chi connectivity index (χ1v) is 10.1.